The minimum absolute atomic E-state index is 0.259. The second kappa shape index (κ2) is 5.32. The van der Waals surface area contributed by atoms with Crippen molar-refractivity contribution in [3.8, 4) is 5.75 Å². The van der Waals surface area contributed by atoms with Crippen LogP contribution in [0.25, 0.3) is 0 Å². The molecule has 0 amide bonds. The lowest BCUT2D eigenvalue weighted by Crippen LogP contribution is -1.97. The highest BCUT2D eigenvalue weighted by molar-refractivity contribution is 5.22. The molecule has 0 fully saturated rings. The SMILES string of the molecule is NC/C=C/COc1ccc(F)cc1. The summed E-state index contributed by atoms with van der Waals surface area (Å²) in [6, 6.07) is 5.90. The summed E-state index contributed by atoms with van der Waals surface area (Å²) < 4.78 is 17.7. The van der Waals surface area contributed by atoms with Crippen LogP contribution in [0.1, 0.15) is 0 Å². The van der Waals surface area contributed by atoms with E-state index in [0.29, 0.717) is 18.9 Å². The second-order valence-corrected chi connectivity index (χ2v) is 2.47. The van der Waals surface area contributed by atoms with Crippen molar-refractivity contribution in [3.05, 3.63) is 42.2 Å². The van der Waals surface area contributed by atoms with Gasteiger partial charge in [0.25, 0.3) is 0 Å². The molecule has 0 aliphatic carbocycles. The van der Waals surface area contributed by atoms with Crippen LogP contribution in [0.2, 0.25) is 0 Å². The van der Waals surface area contributed by atoms with Gasteiger partial charge in [0.1, 0.15) is 18.2 Å². The minimum atomic E-state index is -0.259. The molecule has 1 rings (SSSR count). The maximum atomic E-state index is 12.4. The molecule has 0 unspecified atom stereocenters. The molecule has 0 atom stereocenters. The van der Waals surface area contributed by atoms with Crippen LogP contribution >= 0.6 is 0 Å². The average Bonchev–Trinajstić information content (AvgIpc) is 2.15. The van der Waals surface area contributed by atoms with E-state index in [-0.39, 0.29) is 5.82 Å². The fourth-order valence-electron chi connectivity index (χ4n) is 0.839. The lowest BCUT2D eigenvalue weighted by molar-refractivity contribution is 0.362. The first-order valence-corrected chi connectivity index (χ1v) is 4.06. The molecule has 70 valence electrons. The van der Waals surface area contributed by atoms with Crippen LogP contribution in [0, 0.1) is 5.82 Å². The van der Waals surface area contributed by atoms with Gasteiger partial charge in [0, 0.05) is 6.54 Å². The highest BCUT2D eigenvalue weighted by atomic mass is 19.1. The van der Waals surface area contributed by atoms with Gasteiger partial charge in [-0.2, -0.15) is 0 Å². The zero-order valence-electron chi connectivity index (χ0n) is 7.24. The van der Waals surface area contributed by atoms with Crippen molar-refractivity contribution in [1.82, 2.24) is 0 Å². The van der Waals surface area contributed by atoms with Crippen molar-refractivity contribution >= 4 is 0 Å². The Hall–Kier alpha value is -1.35. The van der Waals surface area contributed by atoms with Crippen LogP contribution in [-0.2, 0) is 0 Å². The number of hydrogen-bond donors (Lipinski definition) is 1. The maximum absolute atomic E-state index is 12.4. The number of ether oxygens (including phenoxy) is 1. The second-order valence-electron chi connectivity index (χ2n) is 2.47. The van der Waals surface area contributed by atoms with Gasteiger partial charge >= 0.3 is 0 Å². The van der Waals surface area contributed by atoms with Gasteiger partial charge < -0.3 is 10.5 Å². The number of hydrogen-bond acceptors (Lipinski definition) is 2. The third kappa shape index (κ3) is 3.71. The van der Waals surface area contributed by atoms with Crippen LogP contribution < -0.4 is 10.5 Å². The molecule has 0 aliphatic rings. The van der Waals surface area contributed by atoms with Crippen molar-refractivity contribution in [2.75, 3.05) is 13.2 Å². The Morgan fingerprint density at radius 2 is 1.92 bits per heavy atom. The van der Waals surface area contributed by atoms with Crippen LogP contribution in [0.15, 0.2) is 36.4 Å². The van der Waals surface area contributed by atoms with Gasteiger partial charge in [-0.25, -0.2) is 4.39 Å². The van der Waals surface area contributed by atoms with Crippen molar-refractivity contribution in [2.45, 2.75) is 0 Å². The van der Waals surface area contributed by atoms with Crippen LogP contribution in [0.5, 0.6) is 5.75 Å². The molecule has 2 N–H and O–H groups in total. The van der Waals surface area contributed by atoms with Crippen LogP contribution in [0.4, 0.5) is 4.39 Å². The van der Waals surface area contributed by atoms with Crippen molar-refractivity contribution in [2.24, 2.45) is 5.73 Å². The molecule has 2 nitrogen and oxygen atoms in total. The number of halogens is 1. The molecule has 0 saturated heterocycles. The first kappa shape index (κ1) is 9.74. The lowest BCUT2D eigenvalue weighted by atomic mass is 10.3. The molecule has 1 aromatic carbocycles. The summed E-state index contributed by atoms with van der Waals surface area (Å²) in [5, 5.41) is 0. The molecule has 13 heavy (non-hydrogen) atoms. The molecule has 3 heteroatoms. The Labute approximate surface area is 76.8 Å². The van der Waals surface area contributed by atoms with Gasteiger partial charge in [0.2, 0.25) is 0 Å². The first-order valence-electron chi connectivity index (χ1n) is 4.06. The number of rotatable bonds is 4. The Morgan fingerprint density at radius 3 is 2.54 bits per heavy atom. The zero-order valence-corrected chi connectivity index (χ0v) is 7.24. The normalized spacial score (nSPS) is 10.6. The van der Waals surface area contributed by atoms with Gasteiger partial charge in [-0.05, 0) is 24.3 Å². The minimum Gasteiger partial charge on any atom is -0.490 e. The smallest absolute Gasteiger partial charge is 0.123 e. The largest absolute Gasteiger partial charge is 0.490 e. The highest BCUT2D eigenvalue weighted by Gasteiger charge is 1.91. The Bertz CT molecular complexity index is 269. The van der Waals surface area contributed by atoms with E-state index in [9.17, 15) is 4.39 Å². The van der Waals surface area contributed by atoms with Crippen molar-refractivity contribution in [3.63, 3.8) is 0 Å². The van der Waals surface area contributed by atoms with Crippen molar-refractivity contribution < 1.29 is 9.13 Å². The van der Waals surface area contributed by atoms with Gasteiger partial charge in [-0.1, -0.05) is 12.2 Å². The van der Waals surface area contributed by atoms with E-state index in [0.717, 1.165) is 0 Å². The van der Waals surface area contributed by atoms with Crippen molar-refractivity contribution in [1.29, 1.82) is 0 Å². The quantitative estimate of drug-likeness (QED) is 0.718. The molecule has 0 radical (unpaired) electrons. The summed E-state index contributed by atoms with van der Waals surface area (Å²) in [6.45, 7) is 0.968. The Kier molecular flexibility index (Phi) is 3.99. The standard InChI is InChI=1S/C10H12FNO/c11-9-3-5-10(6-4-9)13-8-2-1-7-12/h1-6H,7-8,12H2/b2-1+. The Balaban J connectivity index is 2.37. The van der Waals surface area contributed by atoms with E-state index < -0.39 is 0 Å². The summed E-state index contributed by atoms with van der Waals surface area (Å²) >= 11 is 0. The van der Waals surface area contributed by atoms with E-state index in [1.807, 2.05) is 12.2 Å². The summed E-state index contributed by atoms with van der Waals surface area (Å²) in [5.74, 6) is 0.396. The maximum Gasteiger partial charge on any atom is 0.123 e. The predicted octanol–water partition coefficient (Wildman–Crippen LogP) is 1.72. The van der Waals surface area contributed by atoms with E-state index in [2.05, 4.69) is 0 Å². The monoisotopic (exact) mass is 181 g/mol. The molecule has 0 saturated carbocycles. The molecular formula is C10H12FNO. The highest BCUT2D eigenvalue weighted by Crippen LogP contribution is 2.10. The first-order chi connectivity index (χ1) is 6.33. The summed E-state index contributed by atoms with van der Waals surface area (Å²) in [7, 11) is 0. The lowest BCUT2D eigenvalue weighted by Gasteiger charge is -2.01. The topological polar surface area (TPSA) is 35.2 Å². The summed E-state index contributed by atoms with van der Waals surface area (Å²) in [5.41, 5.74) is 5.24. The van der Waals surface area contributed by atoms with Gasteiger partial charge in [0.15, 0.2) is 0 Å². The third-order valence-electron chi connectivity index (χ3n) is 1.46. The fraction of sp³-hybridized carbons (Fsp3) is 0.200. The summed E-state index contributed by atoms with van der Waals surface area (Å²) in [4.78, 5) is 0. The van der Waals surface area contributed by atoms with Crippen LogP contribution in [-0.4, -0.2) is 13.2 Å². The number of nitrogens with two attached hydrogens (primary N) is 1. The molecule has 0 aromatic heterocycles. The van der Waals surface area contributed by atoms with E-state index in [4.69, 9.17) is 10.5 Å². The summed E-state index contributed by atoms with van der Waals surface area (Å²) in [6.07, 6.45) is 3.63. The van der Waals surface area contributed by atoms with E-state index in [1.165, 1.54) is 12.1 Å². The Morgan fingerprint density at radius 1 is 1.23 bits per heavy atom. The van der Waals surface area contributed by atoms with E-state index in [1.54, 1.807) is 12.1 Å². The molecule has 0 spiro atoms. The third-order valence-corrected chi connectivity index (χ3v) is 1.46. The fourth-order valence-corrected chi connectivity index (χ4v) is 0.839. The molecular weight excluding hydrogens is 169 g/mol. The van der Waals surface area contributed by atoms with E-state index >= 15 is 0 Å². The van der Waals surface area contributed by atoms with Gasteiger partial charge in [-0.3, -0.25) is 0 Å². The molecule has 1 aromatic rings. The van der Waals surface area contributed by atoms with Crippen LogP contribution in [0.3, 0.4) is 0 Å². The molecule has 0 bridgehead atoms. The zero-order chi connectivity index (χ0) is 9.52. The van der Waals surface area contributed by atoms with Gasteiger partial charge in [-0.15, -0.1) is 0 Å². The van der Waals surface area contributed by atoms with Gasteiger partial charge in [0.05, 0.1) is 0 Å². The molecule has 0 heterocycles. The molecule has 0 aliphatic heterocycles. The average molecular weight is 181 g/mol. The number of benzene rings is 1. The predicted molar refractivity (Wildman–Crippen MR) is 50.1 cm³/mol.